The molecular formula is C12H16N2O2S. The van der Waals surface area contributed by atoms with Gasteiger partial charge in [0.05, 0.1) is 24.2 Å². The Balaban J connectivity index is 2.34. The summed E-state index contributed by atoms with van der Waals surface area (Å²) < 4.78 is 7.20. The van der Waals surface area contributed by atoms with Gasteiger partial charge in [0.15, 0.2) is 5.16 Å². The van der Waals surface area contributed by atoms with Crippen LogP contribution in [0.25, 0.3) is 11.0 Å². The predicted octanol–water partition coefficient (Wildman–Crippen LogP) is 2.05. The highest BCUT2D eigenvalue weighted by Crippen LogP contribution is 2.26. The molecular weight excluding hydrogens is 236 g/mol. The minimum Gasteiger partial charge on any atom is -0.497 e. The highest BCUT2D eigenvalue weighted by Gasteiger charge is 2.09. The normalized spacial score (nSPS) is 12.9. The van der Waals surface area contributed by atoms with Crippen LogP contribution < -0.4 is 4.74 Å². The molecule has 0 saturated carbocycles. The van der Waals surface area contributed by atoms with E-state index in [-0.39, 0.29) is 6.10 Å². The first-order valence-corrected chi connectivity index (χ1v) is 6.41. The molecule has 0 aliphatic rings. The summed E-state index contributed by atoms with van der Waals surface area (Å²) in [6, 6.07) is 5.84. The standard InChI is InChI=1S/C12H16N2O2S/c1-8(15)7-17-12-13-10-6-9(16-3)4-5-11(10)14(12)2/h4-6,8,15H,7H2,1-3H3/t8-/m0/s1. The second kappa shape index (κ2) is 4.98. The number of hydrogen-bond donors (Lipinski definition) is 1. The van der Waals surface area contributed by atoms with Crippen molar-refractivity contribution in [2.75, 3.05) is 12.9 Å². The molecule has 0 unspecified atom stereocenters. The molecule has 0 aliphatic carbocycles. The van der Waals surface area contributed by atoms with Crippen molar-refractivity contribution in [2.45, 2.75) is 18.2 Å². The number of ether oxygens (including phenoxy) is 1. The first kappa shape index (κ1) is 12.3. The van der Waals surface area contributed by atoms with Crippen molar-refractivity contribution in [2.24, 2.45) is 7.05 Å². The topological polar surface area (TPSA) is 47.3 Å². The van der Waals surface area contributed by atoms with Gasteiger partial charge in [-0.05, 0) is 19.1 Å². The van der Waals surface area contributed by atoms with Gasteiger partial charge in [-0.15, -0.1) is 0 Å². The SMILES string of the molecule is COc1ccc2c(c1)nc(SC[C@H](C)O)n2C. The van der Waals surface area contributed by atoms with E-state index in [2.05, 4.69) is 4.98 Å². The number of aryl methyl sites for hydroxylation is 1. The number of aliphatic hydroxyl groups excluding tert-OH is 1. The molecule has 4 nitrogen and oxygen atoms in total. The number of aromatic nitrogens is 2. The molecule has 0 aliphatic heterocycles. The number of nitrogens with zero attached hydrogens (tertiary/aromatic N) is 2. The van der Waals surface area contributed by atoms with Gasteiger partial charge in [-0.1, -0.05) is 11.8 Å². The van der Waals surface area contributed by atoms with Crippen LogP contribution in [-0.4, -0.2) is 33.6 Å². The van der Waals surface area contributed by atoms with Crippen molar-refractivity contribution >= 4 is 22.8 Å². The summed E-state index contributed by atoms with van der Waals surface area (Å²) in [7, 11) is 3.62. The molecule has 1 heterocycles. The number of thioether (sulfide) groups is 1. The van der Waals surface area contributed by atoms with Gasteiger partial charge in [0.25, 0.3) is 0 Å². The lowest BCUT2D eigenvalue weighted by atomic mass is 10.3. The predicted molar refractivity (Wildman–Crippen MR) is 69.7 cm³/mol. The zero-order valence-corrected chi connectivity index (χ0v) is 11.0. The number of hydrogen-bond acceptors (Lipinski definition) is 4. The second-order valence-corrected chi connectivity index (χ2v) is 4.96. The van der Waals surface area contributed by atoms with E-state index in [0.29, 0.717) is 5.75 Å². The summed E-state index contributed by atoms with van der Waals surface area (Å²) >= 11 is 1.56. The van der Waals surface area contributed by atoms with Crippen molar-refractivity contribution in [1.82, 2.24) is 9.55 Å². The van der Waals surface area contributed by atoms with E-state index >= 15 is 0 Å². The molecule has 1 atom stereocenters. The minimum atomic E-state index is -0.325. The fourth-order valence-corrected chi connectivity index (χ4v) is 2.45. The number of aliphatic hydroxyl groups is 1. The van der Waals surface area contributed by atoms with Gasteiger partial charge in [0.2, 0.25) is 0 Å². The van der Waals surface area contributed by atoms with Gasteiger partial charge in [-0.25, -0.2) is 4.98 Å². The van der Waals surface area contributed by atoms with Crippen molar-refractivity contribution in [3.8, 4) is 5.75 Å². The van der Waals surface area contributed by atoms with Crippen LogP contribution in [0.1, 0.15) is 6.92 Å². The van der Waals surface area contributed by atoms with Gasteiger partial charge < -0.3 is 14.4 Å². The quantitative estimate of drug-likeness (QED) is 0.846. The van der Waals surface area contributed by atoms with E-state index in [1.54, 1.807) is 25.8 Å². The minimum absolute atomic E-state index is 0.325. The highest BCUT2D eigenvalue weighted by atomic mass is 32.2. The van der Waals surface area contributed by atoms with Crippen molar-refractivity contribution in [3.63, 3.8) is 0 Å². The van der Waals surface area contributed by atoms with Gasteiger partial charge in [0.1, 0.15) is 5.75 Å². The molecule has 0 saturated heterocycles. The Morgan fingerprint density at radius 2 is 2.29 bits per heavy atom. The molecule has 5 heteroatoms. The van der Waals surface area contributed by atoms with Crippen molar-refractivity contribution in [1.29, 1.82) is 0 Å². The summed E-state index contributed by atoms with van der Waals surface area (Å²) in [5.74, 6) is 1.46. The lowest BCUT2D eigenvalue weighted by molar-refractivity contribution is 0.220. The molecule has 0 radical (unpaired) electrons. The smallest absolute Gasteiger partial charge is 0.168 e. The Kier molecular flexibility index (Phi) is 3.59. The molecule has 0 spiro atoms. The van der Waals surface area contributed by atoms with Crippen LogP contribution in [0.2, 0.25) is 0 Å². The van der Waals surface area contributed by atoms with Crippen LogP contribution in [-0.2, 0) is 7.05 Å². The average Bonchev–Trinajstić information content (AvgIpc) is 2.63. The molecule has 1 N–H and O–H groups in total. The second-order valence-electron chi connectivity index (χ2n) is 3.97. The third kappa shape index (κ3) is 2.56. The van der Waals surface area contributed by atoms with E-state index in [0.717, 1.165) is 21.9 Å². The van der Waals surface area contributed by atoms with E-state index in [1.807, 2.05) is 29.8 Å². The Morgan fingerprint density at radius 3 is 2.94 bits per heavy atom. The number of imidazole rings is 1. The van der Waals surface area contributed by atoms with Crippen LogP contribution in [0.4, 0.5) is 0 Å². The third-order valence-corrected chi connectivity index (χ3v) is 3.77. The number of methoxy groups -OCH3 is 1. The largest absolute Gasteiger partial charge is 0.497 e. The maximum absolute atomic E-state index is 9.28. The summed E-state index contributed by atoms with van der Waals surface area (Å²) in [6.07, 6.45) is -0.325. The maximum atomic E-state index is 9.28. The average molecular weight is 252 g/mol. The fraction of sp³-hybridized carbons (Fsp3) is 0.417. The monoisotopic (exact) mass is 252 g/mol. The Bertz CT molecular complexity index is 522. The molecule has 1 aromatic heterocycles. The number of benzene rings is 1. The summed E-state index contributed by atoms with van der Waals surface area (Å²) in [6.45, 7) is 1.78. The van der Waals surface area contributed by atoms with Gasteiger partial charge in [0, 0.05) is 18.9 Å². The fourth-order valence-electron chi connectivity index (χ4n) is 1.61. The lowest BCUT2D eigenvalue weighted by Gasteiger charge is -2.03. The third-order valence-electron chi connectivity index (χ3n) is 2.50. The summed E-state index contributed by atoms with van der Waals surface area (Å²) in [4.78, 5) is 4.53. The molecule has 92 valence electrons. The van der Waals surface area contributed by atoms with Crippen molar-refractivity contribution in [3.05, 3.63) is 18.2 Å². The van der Waals surface area contributed by atoms with E-state index in [1.165, 1.54) is 0 Å². The molecule has 0 bridgehead atoms. The zero-order valence-electron chi connectivity index (χ0n) is 10.2. The highest BCUT2D eigenvalue weighted by molar-refractivity contribution is 7.99. The molecule has 17 heavy (non-hydrogen) atoms. The lowest BCUT2D eigenvalue weighted by Crippen LogP contribution is -2.03. The van der Waals surface area contributed by atoms with E-state index in [9.17, 15) is 5.11 Å². The molecule has 0 amide bonds. The van der Waals surface area contributed by atoms with E-state index < -0.39 is 0 Å². The molecule has 1 aromatic carbocycles. The number of fused-ring (bicyclic) bond motifs is 1. The van der Waals surface area contributed by atoms with Crippen molar-refractivity contribution < 1.29 is 9.84 Å². The Morgan fingerprint density at radius 1 is 1.53 bits per heavy atom. The Labute approximate surface area is 105 Å². The first-order valence-electron chi connectivity index (χ1n) is 5.43. The molecule has 2 rings (SSSR count). The van der Waals surface area contributed by atoms with Crippen LogP contribution in [0.3, 0.4) is 0 Å². The van der Waals surface area contributed by atoms with E-state index in [4.69, 9.17) is 4.74 Å². The van der Waals surface area contributed by atoms with Crippen LogP contribution >= 0.6 is 11.8 Å². The number of rotatable bonds is 4. The van der Waals surface area contributed by atoms with Crippen LogP contribution in [0, 0.1) is 0 Å². The summed E-state index contributed by atoms with van der Waals surface area (Å²) in [5.41, 5.74) is 1.99. The maximum Gasteiger partial charge on any atom is 0.168 e. The van der Waals surface area contributed by atoms with Crippen LogP contribution in [0.5, 0.6) is 5.75 Å². The van der Waals surface area contributed by atoms with Gasteiger partial charge >= 0.3 is 0 Å². The van der Waals surface area contributed by atoms with Gasteiger partial charge in [-0.3, -0.25) is 0 Å². The Hall–Kier alpha value is -1.20. The molecule has 0 fully saturated rings. The first-order chi connectivity index (χ1) is 8.11. The zero-order chi connectivity index (χ0) is 12.4. The molecule has 2 aromatic rings. The van der Waals surface area contributed by atoms with Gasteiger partial charge in [-0.2, -0.15) is 0 Å². The van der Waals surface area contributed by atoms with Crippen LogP contribution in [0.15, 0.2) is 23.4 Å². The summed E-state index contributed by atoms with van der Waals surface area (Å²) in [5, 5.41) is 10.2.